The maximum absolute atomic E-state index is 9.60. The molecule has 3 aliphatic carbocycles. The zero-order chi connectivity index (χ0) is 12.5. The highest BCUT2D eigenvalue weighted by Crippen LogP contribution is 2.58. The molecule has 1 N–H and O–H groups in total. The molecule has 2 bridgehead atoms. The number of carboxylic acid groups (broad SMARTS) is 1. The molecule has 0 radical (unpaired) electrons. The second-order valence-electron chi connectivity index (χ2n) is 5.58. The predicted molar refractivity (Wildman–Crippen MR) is 66.2 cm³/mol. The summed E-state index contributed by atoms with van der Waals surface area (Å²) in [6, 6.07) is 0. The van der Waals surface area contributed by atoms with Gasteiger partial charge in [0.15, 0.2) is 0 Å². The number of carbonyl (C=O) groups is 1. The summed E-state index contributed by atoms with van der Waals surface area (Å²) < 4.78 is 0. The third kappa shape index (κ3) is 2.37. The van der Waals surface area contributed by atoms with Crippen LogP contribution < -0.4 is 0 Å². The van der Waals surface area contributed by atoms with Crippen LogP contribution in [-0.4, -0.2) is 11.1 Å². The van der Waals surface area contributed by atoms with Crippen LogP contribution in [0.1, 0.15) is 40.5 Å². The standard InChI is InChI=1S/C10H16.C4H6O2/c1-7-4-5-8-6-9(7)10(8,2)3;1-3(2)4(5)6/h4,8-9H,5-6H2,1-3H3;1H2,2H3,(H,5,6). The molecule has 0 aromatic heterocycles. The van der Waals surface area contributed by atoms with Crippen molar-refractivity contribution in [1.82, 2.24) is 0 Å². The van der Waals surface area contributed by atoms with Gasteiger partial charge < -0.3 is 5.11 Å². The molecule has 0 spiro atoms. The molecule has 0 aromatic rings. The third-order valence-electron chi connectivity index (χ3n) is 4.11. The van der Waals surface area contributed by atoms with Gasteiger partial charge in [-0.25, -0.2) is 4.79 Å². The molecule has 2 nitrogen and oxygen atoms in total. The van der Waals surface area contributed by atoms with Crippen molar-refractivity contribution < 1.29 is 9.90 Å². The third-order valence-corrected chi connectivity index (χ3v) is 4.11. The number of hydrogen-bond donors (Lipinski definition) is 1. The molecule has 3 rings (SSSR count). The quantitative estimate of drug-likeness (QED) is 0.543. The lowest BCUT2D eigenvalue weighted by molar-refractivity contribution is -0.132. The first kappa shape index (κ1) is 13.0. The fourth-order valence-electron chi connectivity index (χ4n) is 2.66. The number of fused-ring (bicyclic) bond motifs is 1. The van der Waals surface area contributed by atoms with Gasteiger partial charge in [-0.2, -0.15) is 0 Å². The van der Waals surface area contributed by atoms with Gasteiger partial charge in [-0.05, 0) is 43.9 Å². The van der Waals surface area contributed by atoms with E-state index in [1.165, 1.54) is 19.8 Å². The zero-order valence-electron chi connectivity index (χ0n) is 10.7. The number of carboxylic acids is 1. The molecule has 90 valence electrons. The van der Waals surface area contributed by atoms with E-state index in [-0.39, 0.29) is 5.57 Å². The van der Waals surface area contributed by atoms with Crippen molar-refractivity contribution in [1.29, 1.82) is 0 Å². The first-order valence-corrected chi connectivity index (χ1v) is 5.82. The highest BCUT2D eigenvalue weighted by Gasteiger charge is 2.49. The SMILES string of the molecule is C=C(C)C(=O)O.CC1=CCC2CC1C2(C)C. The second kappa shape index (κ2) is 4.44. The van der Waals surface area contributed by atoms with E-state index in [4.69, 9.17) is 5.11 Å². The van der Waals surface area contributed by atoms with Gasteiger partial charge in [0.05, 0.1) is 0 Å². The van der Waals surface area contributed by atoms with Crippen LogP contribution in [0.5, 0.6) is 0 Å². The summed E-state index contributed by atoms with van der Waals surface area (Å²) >= 11 is 0. The lowest BCUT2D eigenvalue weighted by Gasteiger charge is -2.56. The molecular formula is C14H22O2. The fraction of sp³-hybridized carbons (Fsp3) is 0.643. The molecule has 2 heteroatoms. The maximum Gasteiger partial charge on any atom is 0.330 e. The zero-order valence-corrected chi connectivity index (χ0v) is 10.7. The lowest BCUT2D eigenvalue weighted by atomic mass is 9.49. The summed E-state index contributed by atoms with van der Waals surface area (Å²) in [7, 11) is 0. The Balaban J connectivity index is 0.000000187. The van der Waals surface area contributed by atoms with Crippen molar-refractivity contribution in [3.05, 3.63) is 23.8 Å². The summed E-state index contributed by atoms with van der Waals surface area (Å²) in [6.07, 6.45) is 5.24. The van der Waals surface area contributed by atoms with E-state index < -0.39 is 5.97 Å². The molecule has 0 amide bonds. The highest BCUT2D eigenvalue weighted by molar-refractivity contribution is 5.84. The maximum atomic E-state index is 9.60. The molecule has 2 atom stereocenters. The Morgan fingerprint density at radius 1 is 1.56 bits per heavy atom. The monoisotopic (exact) mass is 222 g/mol. The lowest BCUT2D eigenvalue weighted by Crippen LogP contribution is -2.47. The van der Waals surface area contributed by atoms with Crippen molar-refractivity contribution in [2.24, 2.45) is 17.3 Å². The van der Waals surface area contributed by atoms with Crippen LogP contribution in [0.4, 0.5) is 0 Å². The molecule has 16 heavy (non-hydrogen) atoms. The van der Waals surface area contributed by atoms with E-state index in [0.29, 0.717) is 5.41 Å². The normalized spacial score (nSPS) is 29.1. The minimum absolute atomic E-state index is 0.176. The average molecular weight is 222 g/mol. The summed E-state index contributed by atoms with van der Waals surface area (Å²) in [5.74, 6) is 0.988. The first-order valence-electron chi connectivity index (χ1n) is 5.82. The van der Waals surface area contributed by atoms with Crippen molar-refractivity contribution in [3.8, 4) is 0 Å². The van der Waals surface area contributed by atoms with Crippen molar-refractivity contribution in [3.63, 3.8) is 0 Å². The van der Waals surface area contributed by atoms with E-state index in [2.05, 4.69) is 33.4 Å². The Hall–Kier alpha value is -1.05. The number of hydrogen-bond acceptors (Lipinski definition) is 1. The van der Waals surface area contributed by atoms with Gasteiger partial charge >= 0.3 is 5.97 Å². The van der Waals surface area contributed by atoms with Gasteiger partial charge in [-0.1, -0.05) is 32.1 Å². The van der Waals surface area contributed by atoms with E-state index in [1.54, 1.807) is 5.57 Å². The summed E-state index contributed by atoms with van der Waals surface area (Å²) in [5.41, 5.74) is 2.46. The van der Waals surface area contributed by atoms with Crippen LogP contribution in [-0.2, 0) is 4.79 Å². The number of allylic oxidation sites excluding steroid dienone is 2. The van der Waals surface area contributed by atoms with Crippen molar-refractivity contribution in [2.45, 2.75) is 40.5 Å². The first-order chi connectivity index (χ1) is 7.26. The van der Waals surface area contributed by atoms with Crippen molar-refractivity contribution in [2.75, 3.05) is 0 Å². The molecule has 0 saturated heterocycles. The van der Waals surface area contributed by atoms with Crippen LogP contribution in [0, 0.1) is 17.3 Å². The predicted octanol–water partition coefficient (Wildman–Crippen LogP) is 3.65. The molecule has 0 aromatic carbocycles. The molecule has 0 aliphatic heterocycles. The Morgan fingerprint density at radius 3 is 2.25 bits per heavy atom. The highest BCUT2D eigenvalue weighted by atomic mass is 16.4. The topological polar surface area (TPSA) is 37.3 Å². The Morgan fingerprint density at radius 2 is 2.06 bits per heavy atom. The Bertz CT molecular complexity index is 325. The van der Waals surface area contributed by atoms with E-state index >= 15 is 0 Å². The van der Waals surface area contributed by atoms with Crippen molar-refractivity contribution >= 4 is 5.97 Å². The molecular weight excluding hydrogens is 200 g/mol. The molecule has 1 saturated carbocycles. The Labute approximate surface area is 98.1 Å². The average Bonchev–Trinajstić information content (AvgIpc) is 2.17. The largest absolute Gasteiger partial charge is 0.478 e. The van der Waals surface area contributed by atoms with Crippen LogP contribution in [0.2, 0.25) is 0 Å². The molecule has 1 fully saturated rings. The smallest absolute Gasteiger partial charge is 0.330 e. The minimum atomic E-state index is -0.935. The molecule has 2 unspecified atom stereocenters. The fourth-order valence-corrected chi connectivity index (χ4v) is 2.66. The number of rotatable bonds is 1. The van der Waals surface area contributed by atoms with Gasteiger partial charge in [-0.3, -0.25) is 0 Å². The van der Waals surface area contributed by atoms with Crippen LogP contribution >= 0.6 is 0 Å². The van der Waals surface area contributed by atoms with Crippen LogP contribution in [0.3, 0.4) is 0 Å². The van der Waals surface area contributed by atoms with Crippen LogP contribution in [0.15, 0.2) is 23.8 Å². The van der Waals surface area contributed by atoms with Gasteiger partial charge in [0.25, 0.3) is 0 Å². The minimum Gasteiger partial charge on any atom is -0.478 e. The van der Waals surface area contributed by atoms with Gasteiger partial charge in [0.1, 0.15) is 0 Å². The van der Waals surface area contributed by atoms with Gasteiger partial charge in [0.2, 0.25) is 0 Å². The summed E-state index contributed by atoms with van der Waals surface area (Å²) in [6.45, 7) is 11.7. The van der Waals surface area contributed by atoms with Gasteiger partial charge in [0, 0.05) is 5.57 Å². The summed E-state index contributed by atoms with van der Waals surface area (Å²) in [5, 5.41) is 7.89. The van der Waals surface area contributed by atoms with Gasteiger partial charge in [-0.15, -0.1) is 0 Å². The van der Waals surface area contributed by atoms with E-state index in [0.717, 1.165) is 11.8 Å². The second-order valence-corrected chi connectivity index (χ2v) is 5.58. The molecule has 0 heterocycles. The summed E-state index contributed by atoms with van der Waals surface area (Å²) in [4.78, 5) is 9.60. The van der Waals surface area contributed by atoms with Crippen LogP contribution in [0.25, 0.3) is 0 Å². The van der Waals surface area contributed by atoms with E-state index in [1.807, 2.05) is 0 Å². The van der Waals surface area contributed by atoms with E-state index in [9.17, 15) is 4.79 Å². The Kier molecular flexibility index (Phi) is 3.61. The number of aliphatic carboxylic acids is 1. The molecule has 3 aliphatic rings.